The van der Waals surface area contributed by atoms with E-state index in [9.17, 15) is 0 Å². The van der Waals surface area contributed by atoms with E-state index >= 15 is 0 Å². The van der Waals surface area contributed by atoms with Gasteiger partial charge in [0.15, 0.2) is 0 Å². The molecule has 66 valence electrons. The molecule has 0 radical (unpaired) electrons. The Labute approximate surface area is 70.9 Å². The van der Waals surface area contributed by atoms with Crippen molar-refractivity contribution in [2.75, 3.05) is 6.54 Å². The Morgan fingerprint density at radius 3 is 2.45 bits per heavy atom. The molecule has 0 rings (SSSR count). The van der Waals surface area contributed by atoms with Crippen molar-refractivity contribution < 1.29 is 0 Å². The summed E-state index contributed by atoms with van der Waals surface area (Å²) in [5, 5.41) is 3.51. The van der Waals surface area contributed by atoms with Crippen molar-refractivity contribution in [3.63, 3.8) is 0 Å². The third kappa shape index (κ3) is 6.11. The molecule has 0 saturated heterocycles. The molecule has 0 atom stereocenters. The maximum atomic E-state index is 3.69. The van der Waals surface area contributed by atoms with E-state index < -0.39 is 0 Å². The lowest BCUT2D eigenvalue weighted by atomic mass is 10.1. The lowest BCUT2D eigenvalue weighted by Crippen LogP contribution is -2.28. The Morgan fingerprint density at radius 1 is 1.36 bits per heavy atom. The van der Waals surface area contributed by atoms with Gasteiger partial charge in [-0.25, -0.2) is 0 Å². The van der Waals surface area contributed by atoms with Gasteiger partial charge in [-0.15, -0.1) is 6.58 Å². The van der Waals surface area contributed by atoms with Crippen LogP contribution in [0.25, 0.3) is 0 Å². The van der Waals surface area contributed by atoms with Crippen molar-refractivity contribution in [2.24, 2.45) is 0 Å². The van der Waals surface area contributed by atoms with Crippen LogP contribution in [0.4, 0.5) is 0 Å². The second-order valence-corrected chi connectivity index (χ2v) is 2.90. The van der Waals surface area contributed by atoms with Crippen molar-refractivity contribution in [1.29, 1.82) is 0 Å². The number of hydrogen-bond acceptors (Lipinski definition) is 1. The smallest absolute Gasteiger partial charge is 0.00618 e. The highest BCUT2D eigenvalue weighted by molar-refractivity contribution is 4.68. The molecule has 0 aromatic carbocycles. The van der Waals surface area contributed by atoms with Gasteiger partial charge in [-0.05, 0) is 32.2 Å². The van der Waals surface area contributed by atoms with Crippen LogP contribution in [-0.2, 0) is 0 Å². The molecule has 0 amide bonds. The summed E-state index contributed by atoms with van der Waals surface area (Å²) in [7, 11) is 0. The fourth-order valence-electron chi connectivity index (χ4n) is 1.13. The number of hydrogen-bond donors (Lipinski definition) is 1. The lowest BCUT2D eigenvalue weighted by molar-refractivity contribution is 0.480. The van der Waals surface area contributed by atoms with Gasteiger partial charge in [0.25, 0.3) is 0 Å². The Balaban J connectivity index is 3.13. The zero-order valence-electron chi connectivity index (χ0n) is 7.90. The van der Waals surface area contributed by atoms with E-state index in [1.807, 2.05) is 6.08 Å². The Kier molecular flexibility index (Phi) is 7.59. The molecule has 0 bridgehead atoms. The molecule has 0 aromatic heterocycles. The van der Waals surface area contributed by atoms with Gasteiger partial charge in [-0.3, -0.25) is 0 Å². The molecule has 1 nitrogen and oxygen atoms in total. The summed E-state index contributed by atoms with van der Waals surface area (Å²) in [6.07, 6.45) is 6.82. The Hall–Kier alpha value is -0.300. The summed E-state index contributed by atoms with van der Waals surface area (Å²) in [5.41, 5.74) is 0. The maximum Gasteiger partial charge on any atom is 0.00618 e. The highest BCUT2D eigenvalue weighted by atomic mass is 14.9. The first-order chi connectivity index (χ1) is 5.35. The molecule has 0 aromatic rings. The van der Waals surface area contributed by atoms with E-state index in [4.69, 9.17) is 0 Å². The summed E-state index contributed by atoms with van der Waals surface area (Å²) >= 11 is 0. The summed E-state index contributed by atoms with van der Waals surface area (Å²) < 4.78 is 0. The highest BCUT2D eigenvalue weighted by Crippen LogP contribution is 1.96. The van der Waals surface area contributed by atoms with Crippen LogP contribution < -0.4 is 5.32 Å². The number of rotatable bonds is 7. The minimum absolute atomic E-state index is 0.722. The van der Waals surface area contributed by atoms with Crippen molar-refractivity contribution >= 4 is 0 Å². The van der Waals surface area contributed by atoms with Gasteiger partial charge in [0.05, 0.1) is 0 Å². The molecular weight excluding hydrogens is 134 g/mol. The van der Waals surface area contributed by atoms with E-state index in [-0.39, 0.29) is 0 Å². The second kappa shape index (κ2) is 7.80. The average molecular weight is 155 g/mol. The third-order valence-electron chi connectivity index (χ3n) is 2.00. The van der Waals surface area contributed by atoms with Crippen LogP contribution in [0.1, 0.15) is 39.5 Å². The maximum absolute atomic E-state index is 3.69. The monoisotopic (exact) mass is 155 g/mol. The SMILES string of the molecule is C=CCCCNC(CC)CC. The first-order valence-corrected chi connectivity index (χ1v) is 4.69. The van der Waals surface area contributed by atoms with Crippen molar-refractivity contribution in [3.8, 4) is 0 Å². The van der Waals surface area contributed by atoms with Gasteiger partial charge in [0, 0.05) is 6.04 Å². The summed E-state index contributed by atoms with van der Waals surface area (Å²) in [5.74, 6) is 0. The predicted octanol–water partition coefficient (Wildman–Crippen LogP) is 2.73. The molecule has 1 N–H and O–H groups in total. The highest BCUT2D eigenvalue weighted by Gasteiger charge is 1.99. The molecule has 0 aliphatic heterocycles. The van der Waals surface area contributed by atoms with Crippen LogP contribution in [0.3, 0.4) is 0 Å². The Morgan fingerprint density at radius 2 is 2.00 bits per heavy atom. The van der Waals surface area contributed by atoms with Crippen molar-refractivity contribution in [1.82, 2.24) is 5.32 Å². The number of nitrogens with one attached hydrogen (secondary N) is 1. The van der Waals surface area contributed by atoms with Gasteiger partial charge < -0.3 is 5.32 Å². The van der Waals surface area contributed by atoms with Gasteiger partial charge in [0.1, 0.15) is 0 Å². The molecule has 0 unspecified atom stereocenters. The fourth-order valence-corrected chi connectivity index (χ4v) is 1.13. The van der Waals surface area contributed by atoms with E-state index in [0.29, 0.717) is 0 Å². The normalized spacial score (nSPS) is 10.5. The number of allylic oxidation sites excluding steroid dienone is 1. The first kappa shape index (κ1) is 10.7. The molecule has 0 saturated carbocycles. The topological polar surface area (TPSA) is 12.0 Å². The quantitative estimate of drug-likeness (QED) is 0.440. The summed E-state index contributed by atoms with van der Waals surface area (Å²) in [6, 6.07) is 0.722. The van der Waals surface area contributed by atoms with Gasteiger partial charge >= 0.3 is 0 Å². The minimum Gasteiger partial charge on any atom is -0.314 e. The largest absolute Gasteiger partial charge is 0.314 e. The fraction of sp³-hybridized carbons (Fsp3) is 0.800. The zero-order chi connectivity index (χ0) is 8.53. The van der Waals surface area contributed by atoms with Crippen LogP contribution in [0, 0.1) is 0 Å². The first-order valence-electron chi connectivity index (χ1n) is 4.69. The van der Waals surface area contributed by atoms with Crippen LogP contribution in [0.2, 0.25) is 0 Å². The molecule has 1 heteroatoms. The molecule has 0 fully saturated rings. The zero-order valence-corrected chi connectivity index (χ0v) is 7.90. The van der Waals surface area contributed by atoms with E-state index in [1.54, 1.807) is 0 Å². The van der Waals surface area contributed by atoms with E-state index in [2.05, 4.69) is 25.7 Å². The molecule has 11 heavy (non-hydrogen) atoms. The lowest BCUT2D eigenvalue weighted by Gasteiger charge is -2.13. The van der Waals surface area contributed by atoms with Crippen LogP contribution in [0.15, 0.2) is 12.7 Å². The molecule has 0 aliphatic carbocycles. The molecule has 0 heterocycles. The molecule has 0 aliphatic rings. The van der Waals surface area contributed by atoms with Crippen molar-refractivity contribution in [3.05, 3.63) is 12.7 Å². The standard InChI is InChI=1S/C10H21N/c1-4-7-8-9-11-10(5-2)6-3/h4,10-11H,1,5-9H2,2-3H3. The van der Waals surface area contributed by atoms with Crippen LogP contribution in [-0.4, -0.2) is 12.6 Å². The van der Waals surface area contributed by atoms with Crippen LogP contribution >= 0.6 is 0 Å². The summed E-state index contributed by atoms with van der Waals surface area (Å²) in [6.45, 7) is 9.29. The molecular formula is C10H21N. The van der Waals surface area contributed by atoms with Gasteiger partial charge in [-0.1, -0.05) is 19.9 Å². The van der Waals surface area contributed by atoms with Gasteiger partial charge in [0.2, 0.25) is 0 Å². The second-order valence-electron chi connectivity index (χ2n) is 2.90. The van der Waals surface area contributed by atoms with Gasteiger partial charge in [-0.2, -0.15) is 0 Å². The third-order valence-corrected chi connectivity index (χ3v) is 2.00. The summed E-state index contributed by atoms with van der Waals surface area (Å²) in [4.78, 5) is 0. The van der Waals surface area contributed by atoms with Crippen LogP contribution in [0.5, 0.6) is 0 Å². The Bertz CT molecular complexity index is 84.9. The van der Waals surface area contributed by atoms with Crippen molar-refractivity contribution in [2.45, 2.75) is 45.6 Å². The number of unbranched alkanes of at least 4 members (excludes halogenated alkanes) is 1. The van der Waals surface area contributed by atoms with E-state index in [1.165, 1.54) is 19.3 Å². The average Bonchev–Trinajstić information content (AvgIpc) is 2.05. The van der Waals surface area contributed by atoms with E-state index in [0.717, 1.165) is 19.0 Å². The minimum atomic E-state index is 0.722. The molecule has 0 spiro atoms. The predicted molar refractivity (Wildman–Crippen MR) is 51.8 cm³/mol.